The van der Waals surface area contributed by atoms with Crippen LogP contribution in [0.5, 0.6) is 11.5 Å². The van der Waals surface area contributed by atoms with Crippen molar-refractivity contribution in [3.8, 4) is 22.9 Å². The van der Waals surface area contributed by atoms with E-state index in [9.17, 15) is 19.8 Å². The summed E-state index contributed by atoms with van der Waals surface area (Å²) < 4.78 is 15.5. The molecular formula is C42H42N10O6. The van der Waals surface area contributed by atoms with Crippen molar-refractivity contribution in [3.63, 3.8) is 0 Å². The fourth-order valence-corrected chi connectivity index (χ4v) is 6.40. The molecule has 6 aromatic heterocycles. The smallest absolute Gasteiger partial charge is 0.248 e. The number of benzene rings is 2. The molecule has 0 aliphatic carbocycles. The fraction of sp³-hybridized carbons (Fsp3) is 0.190. The molecule has 0 aliphatic heterocycles. The summed E-state index contributed by atoms with van der Waals surface area (Å²) in [5.74, 6) is 1.27. The van der Waals surface area contributed by atoms with Crippen LogP contribution in [0.1, 0.15) is 74.6 Å². The third-order valence-corrected chi connectivity index (χ3v) is 9.40. The topological polar surface area (TPSA) is 238 Å². The molecule has 0 radical (unpaired) electrons. The summed E-state index contributed by atoms with van der Waals surface area (Å²) in [5, 5.41) is 29.7. The van der Waals surface area contributed by atoms with Gasteiger partial charge in [0.1, 0.15) is 12.2 Å². The Labute approximate surface area is 331 Å². The molecule has 0 saturated carbocycles. The number of aromatic amines is 2. The van der Waals surface area contributed by atoms with Crippen LogP contribution in [0, 0.1) is 0 Å². The highest BCUT2D eigenvalue weighted by Gasteiger charge is 2.20. The van der Waals surface area contributed by atoms with Gasteiger partial charge in [0.2, 0.25) is 11.1 Å². The minimum Gasteiger partial charge on any atom is -0.481 e. The summed E-state index contributed by atoms with van der Waals surface area (Å²) in [6.45, 7) is 7.03. The zero-order valence-electron chi connectivity index (χ0n) is 32.1. The number of rotatable bonds is 10. The van der Waals surface area contributed by atoms with Gasteiger partial charge in [0.25, 0.3) is 0 Å². The maximum atomic E-state index is 11.9. The molecule has 0 fully saturated rings. The summed E-state index contributed by atoms with van der Waals surface area (Å²) in [6.07, 6.45) is 4.66. The first kappa shape index (κ1) is 39.0. The van der Waals surface area contributed by atoms with Gasteiger partial charge in [0.15, 0.2) is 23.1 Å². The van der Waals surface area contributed by atoms with Crippen molar-refractivity contribution >= 4 is 33.4 Å². The van der Waals surface area contributed by atoms with Crippen molar-refractivity contribution in [2.75, 3.05) is 11.5 Å². The Kier molecular flexibility index (Phi) is 11.0. The van der Waals surface area contributed by atoms with Crippen LogP contribution in [0.3, 0.4) is 0 Å². The van der Waals surface area contributed by atoms with Gasteiger partial charge in [0.05, 0.1) is 46.0 Å². The van der Waals surface area contributed by atoms with Gasteiger partial charge in [-0.2, -0.15) is 10.2 Å². The van der Waals surface area contributed by atoms with Crippen molar-refractivity contribution in [1.82, 2.24) is 39.5 Å². The van der Waals surface area contributed by atoms with E-state index in [4.69, 9.17) is 20.9 Å². The normalized spacial score (nSPS) is 13.3. The van der Waals surface area contributed by atoms with Gasteiger partial charge in [0, 0.05) is 47.7 Å². The summed E-state index contributed by atoms with van der Waals surface area (Å²) >= 11 is 0. The Hall–Kier alpha value is -7.30. The largest absolute Gasteiger partial charge is 0.481 e. The summed E-state index contributed by atoms with van der Waals surface area (Å²) in [7, 11) is 0. The SMILES string of the molecule is C[C@H](O)c1ccc2nc(N)c(O[C@@H](C)c3[nH]c(=O)ccc3-n3cccn3)cc2c1.C[C@H](Oc1cc2cc([C@@H](C)O)ccc2nc1N)c1[nH]c(=O)ccc1-n1cccn1. The molecule has 0 spiro atoms. The van der Waals surface area contributed by atoms with E-state index in [1.165, 1.54) is 12.1 Å². The number of fused-ring (bicyclic) bond motifs is 2. The first-order chi connectivity index (χ1) is 27.8. The van der Waals surface area contributed by atoms with Gasteiger partial charge in [-0.1, -0.05) is 12.1 Å². The highest BCUT2D eigenvalue weighted by molar-refractivity contribution is 5.84. The van der Waals surface area contributed by atoms with E-state index in [0.29, 0.717) is 45.3 Å². The van der Waals surface area contributed by atoms with Crippen LogP contribution in [0.25, 0.3) is 33.2 Å². The zero-order chi connectivity index (χ0) is 41.1. The Balaban J connectivity index is 0.000000177. The van der Waals surface area contributed by atoms with Crippen LogP contribution in [-0.2, 0) is 0 Å². The molecule has 8 N–H and O–H groups in total. The van der Waals surface area contributed by atoms with Gasteiger partial charge in [-0.3, -0.25) is 9.59 Å². The molecule has 6 heterocycles. The molecule has 16 nitrogen and oxygen atoms in total. The van der Waals surface area contributed by atoms with Crippen molar-refractivity contribution in [2.24, 2.45) is 0 Å². The van der Waals surface area contributed by atoms with E-state index >= 15 is 0 Å². The van der Waals surface area contributed by atoms with Crippen molar-refractivity contribution in [2.45, 2.75) is 52.1 Å². The Morgan fingerprint density at radius 2 is 1.02 bits per heavy atom. The lowest BCUT2D eigenvalue weighted by Gasteiger charge is -2.19. The number of aliphatic hydroxyl groups is 2. The first-order valence-corrected chi connectivity index (χ1v) is 18.4. The summed E-state index contributed by atoms with van der Waals surface area (Å²) in [4.78, 5) is 38.3. The monoisotopic (exact) mass is 782 g/mol. The Morgan fingerprint density at radius 3 is 1.38 bits per heavy atom. The first-order valence-electron chi connectivity index (χ1n) is 18.4. The van der Waals surface area contributed by atoms with E-state index < -0.39 is 24.4 Å². The Bertz CT molecular complexity index is 2620. The molecule has 296 valence electrons. The van der Waals surface area contributed by atoms with Gasteiger partial charge in [-0.15, -0.1) is 0 Å². The van der Waals surface area contributed by atoms with Crippen LogP contribution >= 0.6 is 0 Å². The van der Waals surface area contributed by atoms with Crippen molar-refractivity contribution < 1.29 is 19.7 Å². The van der Waals surface area contributed by atoms with Crippen LogP contribution < -0.4 is 32.1 Å². The third-order valence-electron chi connectivity index (χ3n) is 9.40. The fourth-order valence-electron chi connectivity index (χ4n) is 6.40. The lowest BCUT2D eigenvalue weighted by Crippen LogP contribution is -2.17. The van der Waals surface area contributed by atoms with E-state index in [2.05, 4.69) is 30.1 Å². The second kappa shape index (κ2) is 16.4. The number of hydrogen-bond donors (Lipinski definition) is 6. The molecule has 0 saturated heterocycles. The highest BCUT2D eigenvalue weighted by Crippen LogP contribution is 2.33. The summed E-state index contributed by atoms with van der Waals surface area (Å²) in [5.41, 5.74) is 17.2. The quantitative estimate of drug-likeness (QED) is 0.0970. The van der Waals surface area contributed by atoms with Gasteiger partial charge in [-0.05, 0) is 99.5 Å². The van der Waals surface area contributed by atoms with E-state index in [-0.39, 0.29) is 22.8 Å². The van der Waals surface area contributed by atoms with Crippen LogP contribution in [-0.4, -0.2) is 49.7 Å². The third kappa shape index (κ3) is 8.42. The standard InChI is InChI=1S/2C21H21N5O3/c2*1-12(27)14-4-5-16-15(10-14)11-18(21(22)24-16)29-13(2)20-17(6-7-19(28)25-20)26-9-3-8-23-26/h2*3-13,27H,1-2H3,(H2,22,24)(H,25,28)/t12-,13+;12-,13-/m10/s1. The second-order valence-corrected chi connectivity index (χ2v) is 13.7. The van der Waals surface area contributed by atoms with E-state index in [1.807, 2.05) is 50.2 Å². The number of aromatic nitrogens is 8. The predicted octanol–water partition coefficient (Wildman–Crippen LogP) is 5.77. The number of aliphatic hydroxyl groups excluding tert-OH is 2. The minimum absolute atomic E-state index is 0.238. The van der Waals surface area contributed by atoms with Gasteiger partial charge in [-0.25, -0.2) is 19.3 Å². The maximum absolute atomic E-state index is 11.9. The van der Waals surface area contributed by atoms with E-state index in [1.54, 1.807) is 84.4 Å². The molecule has 2 aromatic carbocycles. The van der Waals surface area contributed by atoms with E-state index in [0.717, 1.165) is 21.9 Å². The number of pyridine rings is 4. The molecular weight excluding hydrogens is 741 g/mol. The molecule has 8 rings (SSSR count). The number of anilines is 2. The van der Waals surface area contributed by atoms with Crippen LogP contribution in [0.15, 0.2) is 119 Å². The van der Waals surface area contributed by atoms with Crippen LogP contribution in [0.2, 0.25) is 0 Å². The number of hydrogen-bond acceptors (Lipinski definition) is 12. The molecule has 0 aliphatic rings. The van der Waals surface area contributed by atoms with Gasteiger partial charge < -0.3 is 41.1 Å². The zero-order valence-corrected chi connectivity index (χ0v) is 32.1. The van der Waals surface area contributed by atoms with Crippen molar-refractivity contribution in [1.29, 1.82) is 0 Å². The molecule has 0 unspecified atom stereocenters. The number of nitrogens with zero attached hydrogens (tertiary/aromatic N) is 6. The average Bonchev–Trinajstić information content (AvgIpc) is 3.94. The number of nitrogen functional groups attached to an aromatic ring is 2. The number of ether oxygens (including phenoxy) is 2. The molecule has 16 heteroatoms. The number of nitrogens with two attached hydrogens (primary N) is 2. The van der Waals surface area contributed by atoms with Crippen LogP contribution in [0.4, 0.5) is 11.6 Å². The molecule has 4 atom stereocenters. The lowest BCUT2D eigenvalue weighted by molar-refractivity contribution is 0.199. The predicted molar refractivity (Wildman–Crippen MR) is 220 cm³/mol. The molecule has 0 amide bonds. The van der Waals surface area contributed by atoms with Gasteiger partial charge >= 0.3 is 0 Å². The van der Waals surface area contributed by atoms with Crippen molar-refractivity contribution in [3.05, 3.63) is 153 Å². The number of H-pyrrole nitrogens is 2. The highest BCUT2D eigenvalue weighted by atomic mass is 16.5. The maximum Gasteiger partial charge on any atom is 0.248 e. The molecule has 58 heavy (non-hydrogen) atoms. The second-order valence-electron chi connectivity index (χ2n) is 13.7. The summed E-state index contributed by atoms with van der Waals surface area (Å²) in [6, 6.07) is 24.4. The average molecular weight is 783 g/mol. The Morgan fingerprint density at radius 1 is 0.603 bits per heavy atom. The number of nitrogens with one attached hydrogen (secondary N) is 2. The molecule has 8 aromatic rings. The molecule has 0 bridgehead atoms. The lowest BCUT2D eigenvalue weighted by atomic mass is 10.1. The minimum atomic E-state index is -0.591.